The summed E-state index contributed by atoms with van der Waals surface area (Å²) in [6.07, 6.45) is 0. The molecule has 2 aliphatic heterocycles. The molecule has 0 amide bonds. The fourth-order valence-electron chi connectivity index (χ4n) is 5.02. The molecule has 188 valence electrons. The van der Waals surface area contributed by atoms with E-state index in [1.807, 2.05) is 24.3 Å². The number of Topliss-reactive ketones (excluding diaryl/α,β-unsaturated/α-hetero) is 2. The lowest BCUT2D eigenvalue weighted by Gasteiger charge is -2.35. The summed E-state index contributed by atoms with van der Waals surface area (Å²) in [6, 6.07) is 14.2. The van der Waals surface area contributed by atoms with E-state index >= 15 is 0 Å². The van der Waals surface area contributed by atoms with Gasteiger partial charge in [-0.15, -0.1) is 0 Å². The van der Waals surface area contributed by atoms with E-state index in [1.165, 1.54) is 0 Å². The van der Waals surface area contributed by atoms with Gasteiger partial charge in [-0.25, -0.2) is 0 Å². The molecule has 6 nitrogen and oxygen atoms in total. The first kappa shape index (κ1) is 24.4. The van der Waals surface area contributed by atoms with Crippen LogP contribution in [0.1, 0.15) is 32.7 Å². The molecule has 2 atom stereocenters. The van der Waals surface area contributed by atoms with Crippen molar-refractivity contribution < 1.29 is 9.59 Å². The Hall–Kier alpha value is -2.60. The smallest absolute Gasteiger partial charge is 0.305 e. The number of carbonyl (C=O) groups excluding carboxylic acids is 2. The highest BCUT2D eigenvalue weighted by Crippen LogP contribution is 2.58. The number of rotatable bonds is 2. The SMILES string of the molecule is O=C1C2=C(C(=O)C3=C1Sc1[nH]c(=O)sc1[C@H]3c1ccc(Cl)cc1)[C@H](c1ccc(Cl)cc1)c1sc(=O)[nH]c1S2. The van der Waals surface area contributed by atoms with Crippen LogP contribution in [-0.2, 0) is 9.59 Å². The molecular formula is C26H12Cl2N2O4S4. The largest absolute Gasteiger partial charge is 0.307 e. The number of halogens is 2. The van der Waals surface area contributed by atoms with Crippen LogP contribution in [0.15, 0.2) is 89.1 Å². The molecule has 3 aliphatic rings. The monoisotopic (exact) mass is 614 g/mol. The lowest BCUT2D eigenvalue weighted by atomic mass is 9.76. The van der Waals surface area contributed by atoms with Crippen molar-refractivity contribution in [3.63, 3.8) is 0 Å². The molecule has 7 rings (SSSR count). The molecule has 2 aromatic heterocycles. The van der Waals surface area contributed by atoms with Crippen molar-refractivity contribution >= 4 is 81.0 Å². The molecule has 0 bridgehead atoms. The summed E-state index contributed by atoms with van der Waals surface area (Å²) in [5.74, 6) is -1.80. The van der Waals surface area contributed by atoms with Gasteiger partial charge in [-0.1, -0.05) is 93.7 Å². The quantitative estimate of drug-likeness (QED) is 0.256. The molecule has 4 heterocycles. The van der Waals surface area contributed by atoms with E-state index in [2.05, 4.69) is 9.97 Å². The van der Waals surface area contributed by atoms with Gasteiger partial charge >= 0.3 is 9.75 Å². The Bertz CT molecular complexity index is 1740. The summed E-state index contributed by atoms with van der Waals surface area (Å²) >= 11 is 16.6. The predicted molar refractivity (Wildman–Crippen MR) is 152 cm³/mol. The summed E-state index contributed by atoms with van der Waals surface area (Å²) in [4.78, 5) is 60.6. The van der Waals surface area contributed by atoms with Crippen LogP contribution in [0, 0.1) is 0 Å². The number of hydrogen-bond donors (Lipinski definition) is 2. The maximum Gasteiger partial charge on any atom is 0.305 e. The zero-order chi connectivity index (χ0) is 26.3. The van der Waals surface area contributed by atoms with Crippen molar-refractivity contribution in [3.05, 3.63) is 120 Å². The molecule has 0 saturated heterocycles. The zero-order valence-corrected chi connectivity index (χ0v) is 23.6. The minimum Gasteiger partial charge on any atom is -0.307 e. The third-order valence-corrected chi connectivity index (χ3v) is 11.5. The highest BCUT2D eigenvalue weighted by atomic mass is 35.5. The number of thioether (sulfide) groups is 2. The van der Waals surface area contributed by atoms with E-state index in [1.54, 1.807) is 24.3 Å². The Kier molecular flexibility index (Phi) is 5.77. The molecule has 0 unspecified atom stereocenters. The summed E-state index contributed by atoms with van der Waals surface area (Å²) in [6.45, 7) is 0. The number of benzene rings is 2. The van der Waals surface area contributed by atoms with Gasteiger partial charge in [0.15, 0.2) is 5.78 Å². The minimum absolute atomic E-state index is 0.257. The van der Waals surface area contributed by atoms with E-state index in [-0.39, 0.29) is 21.3 Å². The van der Waals surface area contributed by atoms with Crippen LogP contribution in [0.4, 0.5) is 0 Å². The second-order valence-corrected chi connectivity index (χ2v) is 13.7. The van der Waals surface area contributed by atoms with Crippen molar-refractivity contribution in [3.8, 4) is 0 Å². The van der Waals surface area contributed by atoms with Crippen molar-refractivity contribution in [2.45, 2.75) is 21.9 Å². The lowest BCUT2D eigenvalue weighted by Crippen LogP contribution is -2.31. The number of aromatic amines is 2. The highest BCUT2D eigenvalue weighted by Gasteiger charge is 2.49. The minimum atomic E-state index is -0.616. The number of fused-ring (bicyclic) bond motifs is 2. The van der Waals surface area contributed by atoms with Crippen LogP contribution < -0.4 is 9.75 Å². The third-order valence-electron chi connectivity index (χ3n) is 6.59. The van der Waals surface area contributed by atoms with Gasteiger partial charge in [-0.2, -0.15) is 0 Å². The maximum absolute atomic E-state index is 14.6. The van der Waals surface area contributed by atoms with Crippen LogP contribution in [-0.4, -0.2) is 21.5 Å². The first-order chi connectivity index (χ1) is 18.3. The fourth-order valence-corrected chi connectivity index (χ4v) is 9.87. The Morgan fingerprint density at radius 2 is 0.974 bits per heavy atom. The highest BCUT2D eigenvalue weighted by molar-refractivity contribution is 8.06. The van der Waals surface area contributed by atoms with E-state index in [0.717, 1.165) is 57.3 Å². The molecular weight excluding hydrogens is 603 g/mol. The zero-order valence-electron chi connectivity index (χ0n) is 18.8. The van der Waals surface area contributed by atoms with Crippen molar-refractivity contribution in [2.24, 2.45) is 0 Å². The first-order valence-corrected chi connectivity index (χ1v) is 15.2. The first-order valence-electron chi connectivity index (χ1n) is 11.2. The van der Waals surface area contributed by atoms with Gasteiger partial charge in [0.05, 0.1) is 41.5 Å². The Balaban J connectivity index is 1.46. The topological polar surface area (TPSA) is 99.9 Å². The Morgan fingerprint density at radius 3 is 1.37 bits per heavy atom. The molecule has 4 aromatic rings. The summed E-state index contributed by atoms with van der Waals surface area (Å²) in [5.41, 5.74) is 2.19. The van der Waals surface area contributed by atoms with Gasteiger partial charge in [0.1, 0.15) is 0 Å². The molecule has 0 spiro atoms. The standard InChI is InChI=1S/C26H12Cl2N2O4S4/c27-11-5-1-9(2-6-11)13-15-17(31)16-14(10-3-7-12(28)8-4-10)22-24(30-26(34)38-22)36-20(16)18(32)19(15)35-23-21(13)37-25(33)29-23/h1-8,13-14H,(H,29,33)(H,30,34)/t13-,14-/m0/s1. The van der Waals surface area contributed by atoms with Crippen LogP contribution in [0.2, 0.25) is 10.0 Å². The number of H-pyrrole nitrogens is 2. The average molecular weight is 616 g/mol. The molecule has 1 aliphatic carbocycles. The predicted octanol–water partition coefficient (Wildman–Crippen LogP) is 6.33. The Morgan fingerprint density at radius 1 is 0.579 bits per heavy atom. The summed E-state index contributed by atoms with van der Waals surface area (Å²) in [7, 11) is 0. The summed E-state index contributed by atoms with van der Waals surface area (Å²) in [5, 5.41) is 2.19. The van der Waals surface area contributed by atoms with E-state index in [9.17, 15) is 19.2 Å². The lowest BCUT2D eigenvalue weighted by molar-refractivity contribution is -0.116. The number of aromatic nitrogens is 2. The number of nitrogens with one attached hydrogen (secondary N) is 2. The van der Waals surface area contributed by atoms with Gasteiger partial charge in [0, 0.05) is 21.2 Å². The van der Waals surface area contributed by atoms with Gasteiger partial charge < -0.3 is 9.97 Å². The molecule has 12 heteroatoms. The second-order valence-electron chi connectivity index (χ2n) is 8.73. The molecule has 2 aromatic carbocycles. The average Bonchev–Trinajstić information content (AvgIpc) is 3.46. The number of thiazole rings is 2. The van der Waals surface area contributed by atoms with Crippen LogP contribution in [0.25, 0.3) is 0 Å². The van der Waals surface area contributed by atoms with Gasteiger partial charge in [-0.05, 0) is 35.4 Å². The van der Waals surface area contributed by atoms with Crippen LogP contribution in [0.5, 0.6) is 0 Å². The number of carbonyl (C=O) groups is 2. The van der Waals surface area contributed by atoms with Gasteiger partial charge in [-0.3, -0.25) is 19.2 Å². The molecule has 0 radical (unpaired) electrons. The normalized spacial score (nSPS) is 20.3. The number of ketones is 2. The molecule has 38 heavy (non-hydrogen) atoms. The van der Waals surface area contributed by atoms with E-state index < -0.39 is 11.8 Å². The number of hydrogen-bond acceptors (Lipinski definition) is 8. The fraction of sp³-hybridized carbons (Fsp3) is 0.0769. The molecule has 0 fully saturated rings. The van der Waals surface area contributed by atoms with E-state index in [0.29, 0.717) is 50.8 Å². The third kappa shape index (κ3) is 3.70. The summed E-state index contributed by atoms with van der Waals surface area (Å²) < 4.78 is 0. The second kappa shape index (κ2) is 8.97. The van der Waals surface area contributed by atoms with Crippen molar-refractivity contribution in [1.29, 1.82) is 0 Å². The van der Waals surface area contributed by atoms with Gasteiger partial charge in [0.2, 0.25) is 5.78 Å². The van der Waals surface area contributed by atoms with Crippen LogP contribution in [0.3, 0.4) is 0 Å². The number of allylic oxidation sites excluding steroid dienone is 4. The maximum atomic E-state index is 14.6. The van der Waals surface area contributed by atoms with Crippen molar-refractivity contribution in [1.82, 2.24) is 9.97 Å². The van der Waals surface area contributed by atoms with Crippen molar-refractivity contribution in [2.75, 3.05) is 0 Å². The molecule has 2 N–H and O–H groups in total. The Labute approximate surface area is 240 Å². The van der Waals surface area contributed by atoms with Gasteiger partial charge in [0.25, 0.3) is 0 Å². The molecule has 0 saturated carbocycles. The van der Waals surface area contributed by atoms with Crippen LogP contribution >= 0.6 is 69.4 Å². The van der Waals surface area contributed by atoms with E-state index in [4.69, 9.17) is 23.2 Å².